The molecule has 2 rings (SSSR count). The minimum atomic E-state index is -0.782. The number of esters is 1. The minimum absolute atomic E-state index is 0.365. The second-order valence-corrected chi connectivity index (χ2v) is 5.73. The first-order valence-electron chi connectivity index (χ1n) is 6.73. The summed E-state index contributed by atoms with van der Waals surface area (Å²) in [6.07, 6.45) is 6.08. The summed E-state index contributed by atoms with van der Waals surface area (Å²) in [7, 11) is 0. The maximum Gasteiger partial charge on any atom is 0.331 e. The topological polar surface area (TPSA) is 79.2 Å². The van der Waals surface area contributed by atoms with E-state index in [9.17, 15) is 9.59 Å². The zero-order chi connectivity index (χ0) is 15.1. The SMILES string of the molecule is N#CC1(NC(=O)COC(=O)/C=C/c2ccsc2)CCCC1. The Morgan fingerprint density at radius 3 is 2.86 bits per heavy atom. The van der Waals surface area contributed by atoms with Gasteiger partial charge in [0.1, 0.15) is 5.54 Å². The van der Waals surface area contributed by atoms with Crippen molar-refractivity contribution < 1.29 is 14.3 Å². The van der Waals surface area contributed by atoms with Crippen molar-refractivity contribution in [1.82, 2.24) is 5.32 Å². The molecule has 1 aliphatic rings. The third-order valence-electron chi connectivity index (χ3n) is 3.35. The molecular formula is C15H16N2O3S. The monoisotopic (exact) mass is 304 g/mol. The van der Waals surface area contributed by atoms with E-state index in [1.165, 1.54) is 17.4 Å². The first-order chi connectivity index (χ1) is 10.1. The highest BCUT2D eigenvalue weighted by atomic mass is 32.1. The standard InChI is InChI=1S/C15H16N2O3S/c16-11-15(6-1-2-7-15)17-13(18)9-20-14(19)4-3-12-5-8-21-10-12/h3-5,8,10H,1-2,6-7,9H2,(H,17,18)/b4-3+. The van der Waals surface area contributed by atoms with Crippen LogP contribution in [0, 0.1) is 11.3 Å². The number of nitrogens with zero attached hydrogens (tertiary/aromatic N) is 1. The van der Waals surface area contributed by atoms with Crippen molar-refractivity contribution in [3.05, 3.63) is 28.5 Å². The van der Waals surface area contributed by atoms with Crippen LogP contribution < -0.4 is 5.32 Å². The fraction of sp³-hybridized carbons (Fsp3) is 0.400. The molecule has 0 radical (unpaired) electrons. The van der Waals surface area contributed by atoms with Crippen LogP contribution in [0.15, 0.2) is 22.9 Å². The third-order valence-corrected chi connectivity index (χ3v) is 4.05. The lowest BCUT2D eigenvalue weighted by molar-refractivity contribution is -0.144. The number of rotatable bonds is 5. The number of carbonyl (C=O) groups excluding carboxylic acids is 2. The van der Waals surface area contributed by atoms with Gasteiger partial charge in [0.15, 0.2) is 6.61 Å². The molecular weight excluding hydrogens is 288 g/mol. The summed E-state index contributed by atoms with van der Waals surface area (Å²) in [6, 6.07) is 4.03. The van der Waals surface area contributed by atoms with Crippen molar-refractivity contribution in [3.8, 4) is 6.07 Å². The van der Waals surface area contributed by atoms with E-state index in [4.69, 9.17) is 10.00 Å². The molecule has 0 spiro atoms. The number of nitrogens with one attached hydrogen (secondary N) is 1. The molecule has 21 heavy (non-hydrogen) atoms. The highest BCUT2D eigenvalue weighted by Crippen LogP contribution is 2.28. The van der Waals surface area contributed by atoms with Crippen LogP contribution in [0.5, 0.6) is 0 Å². The highest BCUT2D eigenvalue weighted by molar-refractivity contribution is 7.08. The van der Waals surface area contributed by atoms with Crippen molar-refractivity contribution in [2.75, 3.05) is 6.61 Å². The van der Waals surface area contributed by atoms with Crippen molar-refractivity contribution in [1.29, 1.82) is 5.26 Å². The molecule has 110 valence electrons. The lowest BCUT2D eigenvalue weighted by Crippen LogP contribution is -2.46. The third kappa shape index (κ3) is 4.43. The Hall–Kier alpha value is -2.13. The summed E-state index contributed by atoms with van der Waals surface area (Å²) < 4.78 is 4.86. The predicted molar refractivity (Wildman–Crippen MR) is 79.3 cm³/mol. The Bertz CT molecular complexity index is 566. The van der Waals surface area contributed by atoms with E-state index in [0.717, 1.165) is 18.4 Å². The van der Waals surface area contributed by atoms with Crippen LogP contribution in [0.2, 0.25) is 0 Å². The molecule has 0 saturated heterocycles. The van der Waals surface area contributed by atoms with Gasteiger partial charge in [-0.2, -0.15) is 16.6 Å². The van der Waals surface area contributed by atoms with Crippen molar-refractivity contribution in [2.45, 2.75) is 31.2 Å². The van der Waals surface area contributed by atoms with E-state index in [1.807, 2.05) is 16.8 Å². The van der Waals surface area contributed by atoms with Gasteiger partial charge in [0.05, 0.1) is 6.07 Å². The van der Waals surface area contributed by atoms with Gasteiger partial charge in [0.2, 0.25) is 0 Å². The molecule has 1 saturated carbocycles. The van der Waals surface area contributed by atoms with Crippen LogP contribution in [0.1, 0.15) is 31.2 Å². The molecule has 0 unspecified atom stereocenters. The van der Waals surface area contributed by atoms with Crippen LogP contribution in [0.3, 0.4) is 0 Å². The summed E-state index contributed by atoms with van der Waals surface area (Å²) in [5.41, 5.74) is 0.131. The molecule has 0 atom stereocenters. The summed E-state index contributed by atoms with van der Waals surface area (Å²) in [6.45, 7) is -0.365. The average molecular weight is 304 g/mol. The molecule has 0 bridgehead atoms. The Balaban J connectivity index is 1.76. The van der Waals surface area contributed by atoms with Crippen molar-refractivity contribution in [3.63, 3.8) is 0 Å². The summed E-state index contributed by atoms with van der Waals surface area (Å²) in [5.74, 6) is -1.01. The zero-order valence-electron chi connectivity index (χ0n) is 11.5. The van der Waals surface area contributed by atoms with E-state index >= 15 is 0 Å². The van der Waals surface area contributed by atoms with Crippen molar-refractivity contribution in [2.24, 2.45) is 0 Å². The number of hydrogen-bond donors (Lipinski definition) is 1. The quantitative estimate of drug-likeness (QED) is 0.668. The van der Waals surface area contributed by atoms with Crippen LogP contribution in [0.4, 0.5) is 0 Å². The second kappa shape index (κ2) is 7.04. The fourth-order valence-corrected chi connectivity index (χ4v) is 2.89. The van der Waals surface area contributed by atoms with E-state index in [0.29, 0.717) is 12.8 Å². The molecule has 1 aromatic rings. The Kier molecular flexibility index (Phi) is 5.12. The van der Waals surface area contributed by atoms with Gasteiger partial charge >= 0.3 is 5.97 Å². The molecule has 1 N–H and O–H groups in total. The van der Waals surface area contributed by atoms with Gasteiger partial charge in [-0.05, 0) is 54.1 Å². The summed E-state index contributed by atoms with van der Waals surface area (Å²) in [5, 5.41) is 15.6. The number of ether oxygens (including phenoxy) is 1. The molecule has 0 aliphatic heterocycles. The Morgan fingerprint density at radius 2 is 2.24 bits per heavy atom. The van der Waals surface area contributed by atoms with Gasteiger partial charge in [-0.15, -0.1) is 0 Å². The molecule has 6 heteroatoms. The molecule has 0 aromatic carbocycles. The first-order valence-corrected chi connectivity index (χ1v) is 7.67. The van der Waals surface area contributed by atoms with Gasteiger partial charge < -0.3 is 10.1 Å². The second-order valence-electron chi connectivity index (χ2n) is 4.95. The van der Waals surface area contributed by atoms with Crippen LogP contribution in [0.25, 0.3) is 6.08 Å². The Morgan fingerprint density at radius 1 is 1.48 bits per heavy atom. The molecule has 1 aliphatic carbocycles. The van der Waals surface area contributed by atoms with Crippen molar-refractivity contribution >= 4 is 29.3 Å². The number of hydrogen-bond acceptors (Lipinski definition) is 5. The van der Waals surface area contributed by atoms with E-state index in [1.54, 1.807) is 6.08 Å². The van der Waals surface area contributed by atoms with Gasteiger partial charge in [-0.25, -0.2) is 4.79 Å². The van der Waals surface area contributed by atoms with Crippen LogP contribution in [-0.2, 0) is 14.3 Å². The van der Waals surface area contributed by atoms with E-state index in [2.05, 4.69) is 11.4 Å². The number of thiophene rings is 1. The van der Waals surface area contributed by atoms with Gasteiger partial charge in [0.25, 0.3) is 5.91 Å². The summed E-state index contributed by atoms with van der Waals surface area (Å²) >= 11 is 1.53. The van der Waals surface area contributed by atoms with Gasteiger partial charge in [-0.1, -0.05) is 0 Å². The minimum Gasteiger partial charge on any atom is -0.452 e. The molecule has 1 amide bonds. The fourth-order valence-electron chi connectivity index (χ4n) is 2.27. The molecule has 1 aromatic heterocycles. The molecule has 1 fully saturated rings. The highest BCUT2D eigenvalue weighted by Gasteiger charge is 2.35. The Labute approximate surface area is 127 Å². The van der Waals surface area contributed by atoms with E-state index in [-0.39, 0.29) is 6.61 Å². The summed E-state index contributed by atoms with van der Waals surface area (Å²) in [4.78, 5) is 23.2. The van der Waals surface area contributed by atoms with Crippen LogP contribution in [-0.4, -0.2) is 24.0 Å². The van der Waals surface area contributed by atoms with Crippen LogP contribution >= 0.6 is 11.3 Å². The molecule has 5 nitrogen and oxygen atoms in total. The zero-order valence-corrected chi connectivity index (χ0v) is 12.3. The maximum atomic E-state index is 11.7. The maximum absolute atomic E-state index is 11.7. The average Bonchev–Trinajstić information content (AvgIpc) is 3.15. The smallest absolute Gasteiger partial charge is 0.331 e. The number of amides is 1. The molecule has 1 heterocycles. The number of carbonyl (C=O) groups is 2. The lowest BCUT2D eigenvalue weighted by atomic mass is 10.00. The lowest BCUT2D eigenvalue weighted by Gasteiger charge is -2.21. The predicted octanol–water partition coefficient (Wildman–Crippen LogP) is 2.26. The number of nitriles is 1. The largest absolute Gasteiger partial charge is 0.452 e. The van der Waals surface area contributed by atoms with Gasteiger partial charge in [-0.3, -0.25) is 4.79 Å². The van der Waals surface area contributed by atoms with Gasteiger partial charge in [0, 0.05) is 6.08 Å². The van der Waals surface area contributed by atoms with E-state index < -0.39 is 17.4 Å². The normalized spacial score (nSPS) is 16.5. The first kappa shape index (κ1) is 15.3.